The van der Waals surface area contributed by atoms with Crippen LogP contribution in [0.4, 0.5) is 0 Å². The van der Waals surface area contributed by atoms with Crippen LogP contribution in [0.5, 0.6) is 0 Å². The van der Waals surface area contributed by atoms with Gasteiger partial charge in [0.1, 0.15) is 0 Å². The standard InChI is InChI=1S/C16H23N3S.HI/c1-17-16(18-11-13-8-5-9-20-13)19-15-10-14(15)12-6-3-2-4-7-12;/h2-4,6-7,13-15H,5,8-11H2,1H3,(H2,17,18,19);1H. The molecule has 2 aliphatic rings. The largest absolute Gasteiger partial charge is 0.355 e. The van der Waals surface area contributed by atoms with Crippen LogP contribution >= 0.6 is 35.7 Å². The molecule has 2 N–H and O–H groups in total. The number of guanidine groups is 1. The normalized spacial score (nSPS) is 27.9. The molecule has 0 bridgehead atoms. The Hall–Kier alpha value is -0.430. The van der Waals surface area contributed by atoms with Crippen LogP contribution in [-0.2, 0) is 0 Å². The van der Waals surface area contributed by atoms with Crippen molar-refractivity contribution in [2.45, 2.75) is 36.5 Å². The van der Waals surface area contributed by atoms with E-state index in [-0.39, 0.29) is 24.0 Å². The molecular formula is C16H24IN3S. The molecule has 0 amide bonds. The SMILES string of the molecule is CN=C(NCC1CCCS1)NC1CC1c1ccccc1.I. The second-order valence-electron chi connectivity index (χ2n) is 5.59. The van der Waals surface area contributed by atoms with E-state index in [2.05, 4.69) is 57.7 Å². The number of halogens is 1. The Bertz CT molecular complexity index is 460. The van der Waals surface area contributed by atoms with Crippen LogP contribution in [0.25, 0.3) is 0 Å². The molecule has 1 heterocycles. The number of aliphatic imine (C=N–C) groups is 1. The van der Waals surface area contributed by atoms with Gasteiger partial charge in [-0.3, -0.25) is 4.99 Å². The van der Waals surface area contributed by atoms with Gasteiger partial charge >= 0.3 is 0 Å². The summed E-state index contributed by atoms with van der Waals surface area (Å²) in [5.41, 5.74) is 1.44. The molecule has 5 heteroatoms. The molecular weight excluding hydrogens is 393 g/mol. The number of hydrogen-bond acceptors (Lipinski definition) is 2. The Balaban J connectivity index is 0.00000161. The predicted octanol–water partition coefficient (Wildman–Crippen LogP) is 3.22. The van der Waals surface area contributed by atoms with E-state index in [1.165, 1.54) is 30.6 Å². The van der Waals surface area contributed by atoms with Gasteiger partial charge in [0.25, 0.3) is 0 Å². The first kappa shape index (κ1) is 16.9. The van der Waals surface area contributed by atoms with E-state index in [0.717, 1.165) is 17.8 Å². The van der Waals surface area contributed by atoms with Crippen molar-refractivity contribution in [3.05, 3.63) is 35.9 Å². The fraction of sp³-hybridized carbons (Fsp3) is 0.562. The van der Waals surface area contributed by atoms with Gasteiger partial charge in [-0.05, 0) is 30.6 Å². The summed E-state index contributed by atoms with van der Waals surface area (Å²) in [7, 11) is 1.86. The molecule has 3 unspecified atom stereocenters. The Morgan fingerprint density at radius 3 is 2.81 bits per heavy atom. The molecule has 1 aromatic rings. The highest BCUT2D eigenvalue weighted by atomic mass is 127. The highest BCUT2D eigenvalue weighted by Gasteiger charge is 2.38. The number of thioether (sulfide) groups is 1. The summed E-state index contributed by atoms with van der Waals surface area (Å²) < 4.78 is 0. The van der Waals surface area contributed by atoms with Crippen molar-refractivity contribution < 1.29 is 0 Å². The van der Waals surface area contributed by atoms with Crippen molar-refractivity contribution >= 4 is 41.7 Å². The lowest BCUT2D eigenvalue weighted by molar-refractivity contribution is 0.722. The lowest BCUT2D eigenvalue weighted by Gasteiger charge is -2.14. The first-order valence-corrected chi connectivity index (χ1v) is 8.55. The van der Waals surface area contributed by atoms with Gasteiger partial charge in [0.15, 0.2) is 5.96 Å². The number of hydrogen-bond donors (Lipinski definition) is 2. The van der Waals surface area contributed by atoms with E-state index in [9.17, 15) is 0 Å². The summed E-state index contributed by atoms with van der Waals surface area (Å²) in [6.07, 6.45) is 3.91. The second-order valence-corrected chi connectivity index (χ2v) is 7.00. The van der Waals surface area contributed by atoms with Gasteiger partial charge in [0, 0.05) is 30.8 Å². The molecule has 0 aromatic heterocycles. The van der Waals surface area contributed by atoms with Crippen molar-refractivity contribution in [2.24, 2.45) is 4.99 Å². The van der Waals surface area contributed by atoms with Gasteiger partial charge in [0.05, 0.1) is 0 Å². The highest BCUT2D eigenvalue weighted by molar-refractivity contribution is 14.0. The lowest BCUT2D eigenvalue weighted by Crippen LogP contribution is -2.41. The first-order chi connectivity index (χ1) is 9.86. The van der Waals surface area contributed by atoms with Crippen molar-refractivity contribution in [3.63, 3.8) is 0 Å². The number of benzene rings is 1. The highest BCUT2D eigenvalue weighted by Crippen LogP contribution is 2.40. The van der Waals surface area contributed by atoms with Crippen molar-refractivity contribution in [1.29, 1.82) is 0 Å². The van der Waals surface area contributed by atoms with Crippen LogP contribution in [0, 0.1) is 0 Å². The monoisotopic (exact) mass is 417 g/mol. The minimum atomic E-state index is 0. The Labute approximate surface area is 148 Å². The summed E-state index contributed by atoms with van der Waals surface area (Å²) >= 11 is 2.08. The molecule has 1 saturated heterocycles. The molecule has 3 atom stereocenters. The third kappa shape index (κ3) is 4.77. The first-order valence-electron chi connectivity index (χ1n) is 7.50. The van der Waals surface area contributed by atoms with Crippen molar-refractivity contribution in [1.82, 2.24) is 10.6 Å². The third-order valence-corrected chi connectivity index (χ3v) is 5.48. The number of nitrogens with one attached hydrogen (secondary N) is 2. The summed E-state index contributed by atoms with van der Waals surface area (Å²) in [6, 6.07) is 11.3. The summed E-state index contributed by atoms with van der Waals surface area (Å²) in [6.45, 7) is 1.03. The smallest absolute Gasteiger partial charge is 0.191 e. The molecule has 3 rings (SSSR count). The van der Waals surface area contributed by atoms with Crippen LogP contribution in [0.2, 0.25) is 0 Å². The van der Waals surface area contributed by atoms with Crippen LogP contribution in [0.1, 0.15) is 30.7 Å². The number of rotatable bonds is 4. The molecule has 21 heavy (non-hydrogen) atoms. The topological polar surface area (TPSA) is 36.4 Å². The molecule has 1 saturated carbocycles. The molecule has 1 aliphatic carbocycles. The van der Waals surface area contributed by atoms with E-state index < -0.39 is 0 Å². The summed E-state index contributed by atoms with van der Waals surface area (Å²) in [5.74, 6) is 2.92. The fourth-order valence-electron chi connectivity index (χ4n) is 2.81. The molecule has 116 valence electrons. The van der Waals surface area contributed by atoms with E-state index in [4.69, 9.17) is 0 Å². The van der Waals surface area contributed by atoms with Gasteiger partial charge in [-0.1, -0.05) is 30.3 Å². The average molecular weight is 417 g/mol. The average Bonchev–Trinajstić information content (AvgIpc) is 3.06. The zero-order chi connectivity index (χ0) is 13.8. The molecule has 1 aromatic carbocycles. The molecule has 0 radical (unpaired) electrons. The maximum absolute atomic E-state index is 4.34. The zero-order valence-electron chi connectivity index (χ0n) is 12.4. The lowest BCUT2D eigenvalue weighted by atomic mass is 10.1. The predicted molar refractivity (Wildman–Crippen MR) is 103 cm³/mol. The van der Waals surface area contributed by atoms with Crippen LogP contribution < -0.4 is 10.6 Å². The molecule has 1 aliphatic heterocycles. The maximum Gasteiger partial charge on any atom is 0.191 e. The Kier molecular flexibility index (Phi) is 6.67. The fourth-order valence-corrected chi connectivity index (χ4v) is 4.01. The van der Waals surface area contributed by atoms with Gasteiger partial charge in [0.2, 0.25) is 0 Å². The van der Waals surface area contributed by atoms with Crippen molar-refractivity contribution in [3.8, 4) is 0 Å². The minimum Gasteiger partial charge on any atom is -0.355 e. The summed E-state index contributed by atoms with van der Waals surface area (Å²) in [5, 5.41) is 7.78. The van der Waals surface area contributed by atoms with Gasteiger partial charge in [-0.2, -0.15) is 11.8 Å². The van der Waals surface area contributed by atoms with E-state index in [1.807, 2.05) is 7.05 Å². The zero-order valence-corrected chi connectivity index (χ0v) is 15.6. The maximum atomic E-state index is 4.34. The van der Waals surface area contributed by atoms with E-state index >= 15 is 0 Å². The van der Waals surface area contributed by atoms with Gasteiger partial charge in [-0.15, -0.1) is 24.0 Å². The van der Waals surface area contributed by atoms with Crippen LogP contribution in [0.15, 0.2) is 35.3 Å². The van der Waals surface area contributed by atoms with E-state index in [1.54, 1.807) is 0 Å². The minimum absolute atomic E-state index is 0. The Morgan fingerprint density at radius 1 is 1.33 bits per heavy atom. The second kappa shape index (κ2) is 8.27. The Morgan fingerprint density at radius 2 is 2.14 bits per heavy atom. The quantitative estimate of drug-likeness (QED) is 0.449. The third-order valence-electron chi connectivity index (χ3n) is 4.09. The van der Waals surface area contributed by atoms with Gasteiger partial charge in [-0.25, -0.2) is 0 Å². The molecule has 2 fully saturated rings. The summed E-state index contributed by atoms with van der Waals surface area (Å²) in [4.78, 5) is 4.34. The van der Waals surface area contributed by atoms with Crippen LogP contribution in [0.3, 0.4) is 0 Å². The number of nitrogens with zero attached hydrogens (tertiary/aromatic N) is 1. The van der Waals surface area contributed by atoms with Crippen molar-refractivity contribution in [2.75, 3.05) is 19.3 Å². The van der Waals surface area contributed by atoms with Crippen LogP contribution in [-0.4, -0.2) is 36.6 Å². The van der Waals surface area contributed by atoms with E-state index in [0.29, 0.717) is 12.0 Å². The molecule has 0 spiro atoms. The van der Waals surface area contributed by atoms with Gasteiger partial charge < -0.3 is 10.6 Å². The molecule has 3 nitrogen and oxygen atoms in total.